The zero-order valence-electron chi connectivity index (χ0n) is 16.5. The summed E-state index contributed by atoms with van der Waals surface area (Å²) >= 11 is 0. The number of imide groups is 1. The molecule has 0 spiro atoms. The van der Waals surface area contributed by atoms with Crippen molar-refractivity contribution in [2.45, 2.75) is 52.5 Å². The molecule has 3 atom stereocenters. The smallest absolute Gasteiger partial charge is 0.329 e. The number of esters is 1. The van der Waals surface area contributed by atoms with Gasteiger partial charge in [0.25, 0.3) is 5.91 Å². The monoisotopic (exact) mass is 386 g/mol. The number of para-hydroxylation sites is 1. The predicted molar refractivity (Wildman–Crippen MR) is 102 cm³/mol. The van der Waals surface area contributed by atoms with E-state index in [1.807, 2.05) is 32.0 Å². The van der Waals surface area contributed by atoms with Crippen LogP contribution in [0.4, 0.5) is 5.69 Å². The molecule has 2 fully saturated rings. The molecule has 0 bridgehead atoms. The molecule has 2 aliphatic rings. The number of fused-ring (bicyclic) bond motifs is 1. The summed E-state index contributed by atoms with van der Waals surface area (Å²) in [6.45, 7) is 4.75. The van der Waals surface area contributed by atoms with E-state index in [4.69, 9.17) is 4.74 Å². The molecule has 1 saturated carbocycles. The molecule has 1 aromatic rings. The average molecular weight is 386 g/mol. The van der Waals surface area contributed by atoms with Gasteiger partial charge >= 0.3 is 5.97 Å². The van der Waals surface area contributed by atoms with E-state index in [9.17, 15) is 19.2 Å². The number of ether oxygens (including phenoxy) is 1. The molecule has 3 rings (SSSR count). The number of benzene rings is 1. The van der Waals surface area contributed by atoms with Crippen molar-refractivity contribution >= 4 is 29.4 Å². The number of rotatable bonds is 5. The number of carbonyl (C=O) groups excluding carboxylic acids is 4. The fourth-order valence-electron chi connectivity index (χ4n) is 4.12. The van der Waals surface area contributed by atoms with Gasteiger partial charge in [0.2, 0.25) is 11.8 Å². The average Bonchev–Trinajstić information content (AvgIpc) is 2.93. The fraction of sp³-hybridized carbons (Fsp3) is 0.524. The number of hydrogen-bond acceptors (Lipinski definition) is 5. The van der Waals surface area contributed by atoms with E-state index in [0.717, 1.165) is 28.9 Å². The van der Waals surface area contributed by atoms with E-state index < -0.39 is 24.5 Å². The molecule has 1 aliphatic heterocycles. The van der Waals surface area contributed by atoms with Gasteiger partial charge in [0.05, 0.1) is 11.8 Å². The van der Waals surface area contributed by atoms with Crippen LogP contribution in [0.3, 0.4) is 0 Å². The summed E-state index contributed by atoms with van der Waals surface area (Å²) in [7, 11) is 0. The van der Waals surface area contributed by atoms with Gasteiger partial charge in [-0.1, -0.05) is 31.0 Å². The van der Waals surface area contributed by atoms with Crippen LogP contribution >= 0.6 is 0 Å². The molecule has 1 N–H and O–H groups in total. The second-order valence-electron chi connectivity index (χ2n) is 7.64. The number of amides is 3. The summed E-state index contributed by atoms with van der Waals surface area (Å²) in [4.78, 5) is 50.7. The second kappa shape index (κ2) is 8.12. The molecule has 1 heterocycles. The van der Waals surface area contributed by atoms with Gasteiger partial charge in [-0.05, 0) is 44.7 Å². The number of nitrogens with one attached hydrogen (secondary N) is 1. The summed E-state index contributed by atoms with van der Waals surface area (Å²) in [6, 6.07) is 4.61. The van der Waals surface area contributed by atoms with Gasteiger partial charge in [0.15, 0.2) is 6.61 Å². The lowest BCUT2D eigenvalue weighted by Crippen LogP contribution is -2.45. The maximum Gasteiger partial charge on any atom is 0.329 e. The second-order valence-corrected chi connectivity index (χ2v) is 7.64. The number of aryl methyl sites for hydroxylation is 2. The molecule has 1 saturated heterocycles. The molecule has 0 aromatic heterocycles. The Bertz CT molecular complexity index is 775. The minimum Gasteiger partial charge on any atom is -0.454 e. The van der Waals surface area contributed by atoms with Crippen molar-refractivity contribution in [3.63, 3.8) is 0 Å². The summed E-state index contributed by atoms with van der Waals surface area (Å²) < 4.78 is 5.08. The number of carbonyl (C=O) groups is 4. The SMILES string of the molecule is Cc1cccc(C)c1NC(=O)COC(=O)[C@H](C)N1C(=O)[C@@H]2CCCC[C@H]2C1=O. The van der Waals surface area contributed by atoms with Crippen LogP contribution in [0.5, 0.6) is 0 Å². The molecular formula is C21H26N2O5. The van der Waals surface area contributed by atoms with E-state index in [1.165, 1.54) is 6.92 Å². The van der Waals surface area contributed by atoms with Crippen LogP contribution in [-0.2, 0) is 23.9 Å². The fourth-order valence-corrected chi connectivity index (χ4v) is 4.12. The lowest BCUT2D eigenvalue weighted by molar-refractivity contribution is -0.159. The minimum absolute atomic E-state index is 0.292. The van der Waals surface area contributed by atoms with Crippen molar-refractivity contribution < 1.29 is 23.9 Å². The van der Waals surface area contributed by atoms with Crippen molar-refractivity contribution in [1.82, 2.24) is 4.90 Å². The van der Waals surface area contributed by atoms with E-state index in [2.05, 4.69) is 5.32 Å². The van der Waals surface area contributed by atoms with Gasteiger partial charge in [0.1, 0.15) is 6.04 Å². The number of likely N-dealkylation sites (tertiary alicyclic amines) is 1. The maximum absolute atomic E-state index is 12.6. The highest BCUT2D eigenvalue weighted by Crippen LogP contribution is 2.38. The lowest BCUT2D eigenvalue weighted by atomic mass is 9.81. The van der Waals surface area contributed by atoms with E-state index >= 15 is 0 Å². The van der Waals surface area contributed by atoms with Gasteiger partial charge in [-0.2, -0.15) is 0 Å². The molecule has 1 aromatic carbocycles. The molecule has 150 valence electrons. The molecule has 7 heteroatoms. The van der Waals surface area contributed by atoms with Crippen LogP contribution in [0, 0.1) is 25.7 Å². The number of nitrogens with zero attached hydrogens (tertiary/aromatic N) is 1. The Balaban J connectivity index is 1.58. The molecule has 0 unspecified atom stereocenters. The zero-order valence-corrected chi connectivity index (χ0v) is 16.5. The van der Waals surface area contributed by atoms with Crippen molar-refractivity contribution in [2.24, 2.45) is 11.8 Å². The quantitative estimate of drug-likeness (QED) is 0.619. The Morgan fingerprint density at radius 1 is 1.11 bits per heavy atom. The first-order valence-corrected chi connectivity index (χ1v) is 9.71. The van der Waals surface area contributed by atoms with Crippen LogP contribution in [-0.4, -0.2) is 41.2 Å². The largest absolute Gasteiger partial charge is 0.454 e. The first-order valence-electron chi connectivity index (χ1n) is 9.71. The normalized spacial score (nSPS) is 22.6. The zero-order chi connectivity index (χ0) is 20.4. The van der Waals surface area contributed by atoms with E-state index in [-0.39, 0.29) is 23.7 Å². The topological polar surface area (TPSA) is 92.8 Å². The van der Waals surface area contributed by atoms with Gasteiger partial charge in [-0.25, -0.2) is 4.79 Å². The van der Waals surface area contributed by atoms with Crippen molar-refractivity contribution in [1.29, 1.82) is 0 Å². The summed E-state index contributed by atoms with van der Waals surface area (Å²) in [5.41, 5.74) is 2.50. The van der Waals surface area contributed by atoms with Crippen LogP contribution in [0.15, 0.2) is 18.2 Å². The molecule has 0 radical (unpaired) electrons. The van der Waals surface area contributed by atoms with Crippen LogP contribution in [0.25, 0.3) is 0 Å². The number of anilines is 1. The van der Waals surface area contributed by atoms with Gasteiger partial charge < -0.3 is 10.1 Å². The Hall–Kier alpha value is -2.70. The first-order chi connectivity index (χ1) is 13.3. The summed E-state index contributed by atoms with van der Waals surface area (Å²) in [6.07, 6.45) is 3.22. The van der Waals surface area contributed by atoms with E-state index in [0.29, 0.717) is 18.5 Å². The van der Waals surface area contributed by atoms with Crippen molar-refractivity contribution in [3.8, 4) is 0 Å². The molecule has 1 aliphatic carbocycles. The lowest BCUT2D eigenvalue weighted by Gasteiger charge is -2.21. The Labute approximate surface area is 164 Å². The summed E-state index contributed by atoms with van der Waals surface area (Å²) in [5.74, 6) is -2.44. The van der Waals surface area contributed by atoms with Crippen LogP contribution in [0.2, 0.25) is 0 Å². The first kappa shape index (κ1) is 20.0. The highest BCUT2D eigenvalue weighted by Gasteiger charge is 2.51. The third-order valence-electron chi connectivity index (χ3n) is 5.69. The Kier molecular flexibility index (Phi) is 5.82. The van der Waals surface area contributed by atoms with Crippen LogP contribution < -0.4 is 5.32 Å². The van der Waals surface area contributed by atoms with Gasteiger partial charge in [-0.3, -0.25) is 19.3 Å². The Morgan fingerprint density at radius 2 is 1.64 bits per heavy atom. The third-order valence-corrected chi connectivity index (χ3v) is 5.69. The van der Waals surface area contributed by atoms with Crippen molar-refractivity contribution in [2.75, 3.05) is 11.9 Å². The Morgan fingerprint density at radius 3 is 2.18 bits per heavy atom. The summed E-state index contributed by atoms with van der Waals surface area (Å²) in [5, 5.41) is 2.74. The van der Waals surface area contributed by atoms with E-state index in [1.54, 1.807) is 0 Å². The van der Waals surface area contributed by atoms with Gasteiger partial charge in [0, 0.05) is 5.69 Å². The molecular weight excluding hydrogens is 360 g/mol. The highest BCUT2D eigenvalue weighted by molar-refractivity contribution is 6.08. The number of hydrogen-bond donors (Lipinski definition) is 1. The minimum atomic E-state index is -1.03. The molecule has 28 heavy (non-hydrogen) atoms. The molecule has 7 nitrogen and oxygen atoms in total. The standard InChI is InChI=1S/C21H26N2O5/c1-12-7-6-8-13(2)18(12)22-17(24)11-28-21(27)14(3)23-19(25)15-9-4-5-10-16(15)20(23)26/h6-8,14-16H,4-5,9-11H2,1-3H3,(H,22,24)/t14-,15+,16+/m0/s1. The highest BCUT2D eigenvalue weighted by atomic mass is 16.5. The molecule has 3 amide bonds. The predicted octanol–water partition coefficient (Wildman–Crippen LogP) is 2.35. The van der Waals surface area contributed by atoms with Gasteiger partial charge in [-0.15, -0.1) is 0 Å². The maximum atomic E-state index is 12.6. The third kappa shape index (κ3) is 3.79. The van der Waals surface area contributed by atoms with Crippen LogP contribution in [0.1, 0.15) is 43.7 Å². The van der Waals surface area contributed by atoms with Crippen molar-refractivity contribution in [3.05, 3.63) is 29.3 Å².